The molecule has 0 saturated carbocycles. The Kier molecular flexibility index (Phi) is 7.03. The Morgan fingerprint density at radius 1 is 1.26 bits per heavy atom. The molecule has 4 heteroatoms. The zero-order chi connectivity index (χ0) is 16.7. The lowest BCUT2D eigenvalue weighted by Gasteiger charge is -2.34. The van der Waals surface area contributed by atoms with Crippen molar-refractivity contribution in [2.75, 3.05) is 39.4 Å². The summed E-state index contributed by atoms with van der Waals surface area (Å²) < 4.78 is 5.35. The maximum absolute atomic E-state index is 10.6. The molecule has 23 heavy (non-hydrogen) atoms. The number of benzene rings is 1. The number of hydrogen-bond donors (Lipinski definition) is 2. The van der Waals surface area contributed by atoms with Gasteiger partial charge in [0.05, 0.1) is 18.8 Å². The van der Waals surface area contributed by atoms with Gasteiger partial charge in [-0.2, -0.15) is 0 Å². The molecule has 0 radical (unpaired) electrons. The van der Waals surface area contributed by atoms with Crippen molar-refractivity contribution in [1.82, 2.24) is 10.2 Å². The quantitative estimate of drug-likeness (QED) is 0.769. The molecule has 1 aliphatic heterocycles. The molecule has 1 saturated heterocycles. The van der Waals surface area contributed by atoms with E-state index in [2.05, 4.69) is 48.3 Å². The number of hydrogen-bond acceptors (Lipinski definition) is 4. The SMILES string of the molecule is Cc1ccc(CCC(C)NCC(C)(O)CN2CCOCC2)cc1. The highest BCUT2D eigenvalue weighted by Gasteiger charge is 2.25. The van der Waals surface area contributed by atoms with Crippen LogP contribution in [0.3, 0.4) is 0 Å². The van der Waals surface area contributed by atoms with Crippen molar-refractivity contribution in [3.63, 3.8) is 0 Å². The molecule has 1 aromatic carbocycles. The van der Waals surface area contributed by atoms with Gasteiger partial charge in [-0.1, -0.05) is 29.8 Å². The Hall–Kier alpha value is -0.940. The van der Waals surface area contributed by atoms with Gasteiger partial charge < -0.3 is 15.2 Å². The van der Waals surface area contributed by atoms with Gasteiger partial charge in [0.2, 0.25) is 0 Å². The van der Waals surface area contributed by atoms with Crippen LogP contribution in [0.25, 0.3) is 0 Å². The molecule has 2 rings (SSSR count). The summed E-state index contributed by atoms with van der Waals surface area (Å²) in [7, 11) is 0. The molecule has 1 aromatic rings. The van der Waals surface area contributed by atoms with Gasteiger partial charge in [0, 0.05) is 32.2 Å². The van der Waals surface area contributed by atoms with Crippen molar-refractivity contribution in [3.8, 4) is 0 Å². The van der Waals surface area contributed by atoms with E-state index in [-0.39, 0.29) is 0 Å². The van der Waals surface area contributed by atoms with Crippen LogP contribution >= 0.6 is 0 Å². The molecule has 0 amide bonds. The summed E-state index contributed by atoms with van der Waals surface area (Å²) in [5.41, 5.74) is 1.98. The largest absolute Gasteiger partial charge is 0.388 e. The van der Waals surface area contributed by atoms with E-state index in [0.29, 0.717) is 19.1 Å². The van der Waals surface area contributed by atoms with Gasteiger partial charge >= 0.3 is 0 Å². The van der Waals surface area contributed by atoms with Crippen molar-refractivity contribution in [2.45, 2.75) is 45.3 Å². The fourth-order valence-corrected chi connectivity index (χ4v) is 2.93. The Labute approximate surface area is 140 Å². The second-order valence-electron chi connectivity index (χ2n) is 7.19. The van der Waals surface area contributed by atoms with Gasteiger partial charge in [0.1, 0.15) is 0 Å². The fourth-order valence-electron chi connectivity index (χ4n) is 2.93. The normalized spacial score (nSPS) is 20.2. The number of aliphatic hydroxyl groups is 1. The average Bonchev–Trinajstić information content (AvgIpc) is 2.53. The molecule has 130 valence electrons. The summed E-state index contributed by atoms with van der Waals surface area (Å²) in [4.78, 5) is 2.28. The topological polar surface area (TPSA) is 44.7 Å². The van der Waals surface area contributed by atoms with Crippen LogP contribution in [0.4, 0.5) is 0 Å². The zero-order valence-electron chi connectivity index (χ0n) is 14.8. The molecule has 1 fully saturated rings. The third kappa shape index (κ3) is 7.00. The Morgan fingerprint density at radius 3 is 2.57 bits per heavy atom. The standard InChI is InChI=1S/C19H32N2O2/c1-16-4-7-18(8-5-16)9-6-17(2)20-14-19(3,22)15-21-10-12-23-13-11-21/h4-5,7-8,17,20,22H,6,9-15H2,1-3H3. The minimum absolute atomic E-state index is 0.396. The number of rotatable bonds is 8. The van der Waals surface area contributed by atoms with E-state index in [4.69, 9.17) is 4.74 Å². The van der Waals surface area contributed by atoms with E-state index in [1.807, 2.05) is 6.92 Å². The lowest BCUT2D eigenvalue weighted by atomic mass is 10.0. The highest BCUT2D eigenvalue weighted by molar-refractivity contribution is 5.21. The van der Waals surface area contributed by atoms with Crippen molar-refractivity contribution in [3.05, 3.63) is 35.4 Å². The predicted octanol–water partition coefficient (Wildman–Crippen LogP) is 1.99. The Balaban J connectivity index is 1.67. The van der Waals surface area contributed by atoms with E-state index in [1.165, 1.54) is 11.1 Å². The van der Waals surface area contributed by atoms with Crippen LogP contribution < -0.4 is 5.32 Å². The van der Waals surface area contributed by atoms with Crippen molar-refractivity contribution in [1.29, 1.82) is 0 Å². The van der Waals surface area contributed by atoms with Crippen LogP contribution in [0.15, 0.2) is 24.3 Å². The average molecular weight is 320 g/mol. The molecule has 1 heterocycles. The van der Waals surface area contributed by atoms with Crippen LogP contribution in [0.1, 0.15) is 31.4 Å². The first kappa shape index (κ1) is 18.4. The van der Waals surface area contributed by atoms with Crippen molar-refractivity contribution < 1.29 is 9.84 Å². The monoisotopic (exact) mass is 320 g/mol. The van der Waals surface area contributed by atoms with Crippen LogP contribution in [0, 0.1) is 6.92 Å². The number of aryl methyl sites for hydroxylation is 2. The molecule has 0 aliphatic carbocycles. The number of nitrogens with one attached hydrogen (secondary N) is 1. The van der Waals surface area contributed by atoms with E-state index < -0.39 is 5.60 Å². The predicted molar refractivity (Wildman–Crippen MR) is 94.8 cm³/mol. The number of nitrogens with zero attached hydrogens (tertiary/aromatic N) is 1. The van der Waals surface area contributed by atoms with Crippen molar-refractivity contribution in [2.24, 2.45) is 0 Å². The third-order valence-electron chi connectivity index (χ3n) is 4.49. The van der Waals surface area contributed by atoms with Crippen LogP contribution in [0.5, 0.6) is 0 Å². The zero-order valence-corrected chi connectivity index (χ0v) is 14.8. The summed E-state index contributed by atoms with van der Waals surface area (Å²) in [6.07, 6.45) is 2.15. The summed E-state index contributed by atoms with van der Waals surface area (Å²) in [5.74, 6) is 0. The minimum Gasteiger partial charge on any atom is -0.388 e. The van der Waals surface area contributed by atoms with E-state index in [0.717, 1.165) is 39.1 Å². The molecular weight excluding hydrogens is 288 g/mol. The van der Waals surface area contributed by atoms with Gasteiger partial charge in [-0.05, 0) is 39.2 Å². The molecule has 0 aromatic heterocycles. The maximum Gasteiger partial charge on any atom is 0.0869 e. The van der Waals surface area contributed by atoms with E-state index >= 15 is 0 Å². The number of morpholine rings is 1. The maximum atomic E-state index is 10.6. The minimum atomic E-state index is -0.699. The smallest absolute Gasteiger partial charge is 0.0869 e. The summed E-state index contributed by atoms with van der Waals surface area (Å²) in [5, 5.41) is 14.1. The van der Waals surface area contributed by atoms with Crippen LogP contribution in [-0.4, -0.2) is 61.0 Å². The molecule has 0 bridgehead atoms. The highest BCUT2D eigenvalue weighted by atomic mass is 16.5. The van der Waals surface area contributed by atoms with E-state index in [1.54, 1.807) is 0 Å². The van der Waals surface area contributed by atoms with Gasteiger partial charge in [0.15, 0.2) is 0 Å². The third-order valence-corrected chi connectivity index (χ3v) is 4.49. The summed E-state index contributed by atoms with van der Waals surface area (Å²) >= 11 is 0. The molecule has 1 aliphatic rings. The molecular formula is C19H32N2O2. The molecule has 4 nitrogen and oxygen atoms in total. The van der Waals surface area contributed by atoms with Crippen LogP contribution in [0.2, 0.25) is 0 Å². The molecule has 2 atom stereocenters. The first-order chi connectivity index (χ1) is 10.9. The molecule has 0 spiro atoms. The molecule has 2 N–H and O–H groups in total. The first-order valence-electron chi connectivity index (χ1n) is 8.76. The number of β-amino-alcohol motifs (C(OH)–C–C–N with tert-alkyl or cyclic N) is 1. The van der Waals surface area contributed by atoms with Gasteiger partial charge in [-0.15, -0.1) is 0 Å². The summed E-state index contributed by atoms with van der Waals surface area (Å²) in [6, 6.07) is 9.14. The first-order valence-corrected chi connectivity index (χ1v) is 8.76. The van der Waals surface area contributed by atoms with Gasteiger partial charge in [-0.3, -0.25) is 4.90 Å². The second kappa shape index (κ2) is 8.78. The fraction of sp³-hybridized carbons (Fsp3) is 0.684. The van der Waals surface area contributed by atoms with Crippen LogP contribution in [-0.2, 0) is 11.2 Å². The lowest BCUT2D eigenvalue weighted by Crippen LogP contribution is -2.51. The van der Waals surface area contributed by atoms with Crippen molar-refractivity contribution >= 4 is 0 Å². The molecule has 2 unspecified atom stereocenters. The number of ether oxygens (including phenoxy) is 1. The second-order valence-corrected chi connectivity index (χ2v) is 7.19. The highest BCUT2D eigenvalue weighted by Crippen LogP contribution is 2.10. The summed E-state index contributed by atoms with van der Waals surface area (Å²) in [6.45, 7) is 10.9. The van der Waals surface area contributed by atoms with E-state index in [9.17, 15) is 5.11 Å². The Bertz CT molecular complexity index is 453. The van der Waals surface area contributed by atoms with Gasteiger partial charge in [0.25, 0.3) is 0 Å². The van der Waals surface area contributed by atoms with Gasteiger partial charge in [-0.25, -0.2) is 0 Å². The lowest BCUT2D eigenvalue weighted by molar-refractivity contribution is -0.0227. The Morgan fingerprint density at radius 2 is 1.91 bits per heavy atom.